The number of nitrogens with zero attached hydrogens (tertiary/aromatic N) is 1. The Morgan fingerprint density at radius 2 is 1.90 bits per heavy atom. The van der Waals surface area contributed by atoms with E-state index in [0.717, 1.165) is 30.9 Å². The number of hydrogen-bond acceptors (Lipinski definition) is 2. The quantitative estimate of drug-likeness (QED) is 0.908. The van der Waals surface area contributed by atoms with E-state index >= 15 is 0 Å². The molecule has 1 N–H and O–H groups in total. The zero-order valence-electron chi connectivity index (χ0n) is 12.6. The molecule has 1 heterocycles. The van der Waals surface area contributed by atoms with Gasteiger partial charge in [0.1, 0.15) is 5.82 Å². The van der Waals surface area contributed by atoms with Crippen molar-refractivity contribution < 1.29 is 4.39 Å². The second-order valence-corrected chi connectivity index (χ2v) is 5.98. The molecule has 1 aliphatic heterocycles. The molecular formula is C18H21FN2. The van der Waals surface area contributed by atoms with Crippen LogP contribution in [0.3, 0.4) is 0 Å². The fourth-order valence-corrected chi connectivity index (χ4v) is 3.11. The molecule has 2 aromatic rings. The maximum atomic E-state index is 13.6. The van der Waals surface area contributed by atoms with Crippen LogP contribution in [0.1, 0.15) is 18.1 Å². The van der Waals surface area contributed by atoms with Gasteiger partial charge in [-0.3, -0.25) is 0 Å². The second kappa shape index (κ2) is 5.49. The topological polar surface area (TPSA) is 15.3 Å². The maximum absolute atomic E-state index is 13.6. The Morgan fingerprint density at radius 1 is 1.14 bits per heavy atom. The lowest BCUT2D eigenvalue weighted by atomic mass is 9.89. The van der Waals surface area contributed by atoms with Crippen molar-refractivity contribution in [2.24, 2.45) is 0 Å². The minimum absolute atomic E-state index is 0.113. The lowest BCUT2D eigenvalue weighted by molar-refractivity contribution is 0.331. The summed E-state index contributed by atoms with van der Waals surface area (Å²) in [6.07, 6.45) is 0. The predicted octanol–water partition coefficient (Wildman–Crippen LogP) is 3.46. The summed E-state index contributed by atoms with van der Waals surface area (Å²) in [4.78, 5) is 2.28. The molecule has 1 atom stereocenters. The zero-order chi connectivity index (χ0) is 14.9. The highest BCUT2D eigenvalue weighted by atomic mass is 19.1. The van der Waals surface area contributed by atoms with Gasteiger partial charge in [-0.25, -0.2) is 4.39 Å². The molecule has 21 heavy (non-hydrogen) atoms. The van der Waals surface area contributed by atoms with E-state index in [-0.39, 0.29) is 11.4 Å². The highest BCUT2D eigenvalue weighted by Crippen LogP contribution is 2.29. The van der Waals surface area contributed by atoms with Crippen LogP contribution in [-0.4, -0.2) is 19.6 Å². The molecule has 2 aromatic carbocycles. The van der Waals surface area contributed by atoms with Crippen LogP contribution in [0.2, 0.25) is 0 Å². The van der Waals surface area contributed by atoms with Crippen molar-refractivity contribution in [3.05, 3.63) is 65.5 Å². The van der Waals surface area contributed by atoms with Crippen molar-refractivity contribution in [2.45, 2.75) is 19.4 Å². The van der Waals surface area contributed by atoms with Crippen LogP contribution in [0.4, 0.5) is 10.1 Å². The van der Waals surface area contributed by atoms with Crippen LogP contribution in [0.5, 0.6) is 0 Å². The maximum Gasteiger partial charge on any atom is 0.125 e. The van der Waals surface area contributed by atoms with Gasteiger partial charge in [-0.1, -0.05) is 36.4 Å². The molecule has 0 saturated carbocycles. The lowest BCUT2D eigenvalue weighted by Crippen LogP contribution is -2.57. The summed E-state index contributed by atoms with van der Waals surface area (Å²) in [5.74, 6) is -0.171. The van der Waals surface area contributed by atoms with E-state index in [1.807, 2.05) is 19.1 Å². The molecule has 3 heteroatoms. The summed E-state index contributed by atoms with van der Waals surface area (Å²) in [6, 6.07) is 15.5. The number of rotatable bonds is 2. The van der Waals surface area contributed by atoms with E-state index < -0.39 is 0 Å². The average Bonchev–Trinajstić information content (AvgIpc) is 2.51. The van der Waals surface area contributed by atoms with Gasteiger partial charge in [-0.15, -0.1) is 0 Å². The monoisotopic (exact) mass is 284 g/mol. The fraction of sp³-hybridized carbons (Fsp3) is 0.333. The molecule has 2 nitrogen and oxygen atoms in total. The number of anilines is 1. The molecule has 0 radical (unpaired) electrons. The molecule has 1 fully saturated rings. The first-order valence-corrected chi connectivity index (χ1v) is 7.40. The van der Waals surface area contributed by atoms with Gasteiger partial charge in [0.2, 0.25) is 0 Å². The predicted molar refractivity (Wildman–Crippen MR) is 85.1 cm³/mol. The summed E-state index contributed by atoms with van der Waals surface area (Å²) < 4.78 is 13.6. The van der Waals surface area contributed by atoms with Crippen molar-refractivity contribution in [3.8, 4) is 0 Å². The third kappa shape index (κ3) is 2.79. The van der Waals surface area contributed by atoms with Gasteiger partial charge in [-0.2, -0.15) is 0 Å². The number of nitrogens with one attached hydrogen (secondary N) is 1. The zero-order valence-corrected chi connectivity index (χ0v) is 12.6. The highest BCUT2D eigenvalue weighted by Gasteiger charge is 2.32. The van der Waals surface area contributed by atoms with Crippen LogP contribution in [0.15, 0.2) is 48.5 Å². The Morgan fingerprint density at radius 3 is 2.67 bits per heavy atom. The van der Waals surface area contributed by atoms with Crippen LogP contribution in [-0.2, 0) is 5.54 Å². The van der Waals surface area contributed by atoms with Gasteiger partial charge in [0.15, 0.2) is 0 Å². The molecule has 0 aliphatic carbocycles. The smallest absolute Gasteiger partial charge is 0.125 e. The van der Waals surface area contributed by atoms with Crippen LogP contribution >= 0.6 is 0 Å². The van der Waals surface area contributed by atoms with Gasteiger partial charge in [0.25, 0.3) is 0 Å². The summed E-state index contributed by atoms with van der Waals surface area (Å²) in [6.45, 7) is 6.87. The van der Waals surface area contributed by atoms with Gasteiger partial charge in [0.05, 0.1) is 5.54 Å². The number of aryl methyl sites for hydroxylation is 1. The number of piperazine rings is 1. The molecule has 0 amide bonds. The minimum Gasteiger partial charge on any atom is -0.368 e. The van der Waals surface area contributed by atoms with E-state index in [1.54, 1.807) is 6.07 Å². The molecule has 1 unspecified atom stereocenters. The van der Waals surface area contributed by atoms with Crippen molar-refractivity contribution in [3.63, 3.8) is 0 Å². The molecule has 110 valence electrons. The Bertz CT molecular complexity index is 626. The molecule has 0 bridgehead atoms. The van der Waals surface area contributed by atoms with E-state index in [0.29, 0.717) is 0 Å². The van der Waals surface area contributed by atoms with Gasteiger partial charge in [0, 0.05) is 25.3 Å². The second-order valence-electron chi connectivity index (χ2n) is 5.98. The molecule has 0 aromatic heterocycles. The minimum atomic E-state index is -0.171. The van der Waals surface area contributed by atoms with Gasteiger partial charge < -0.3 is 10.2 Å². The molecule has 0 spiro atoms. The highest BCUT2D eigenvalue weighted by molar-refractivity contribution is 5.54. The molecule has 1 saturated heterocycles. The fourth-order valence-electron chi connectivity index (χ4n) is 3.11. The average molecular weight is 284 g/mol. The van der Waals surface area contributed by atoms with E-state index in [9.17, 15) is 4.39 Å². The van der Waals surface area contributed by atoms with Crippen molar-refractivity contribution in [2.75, 3.05) is 24.5 Å². The molecule has 1 aliphatic rings. The Hall–Kier alpha value is -1.87. The Kier molecular flexibility index (Phi) is 3.68. The van der Waals surface area contributed by atoms with Crippen molar-refractivity contribution in [1.82, 2.24) is 5.32 Å². The summed E-state index contributed by atoms with van der Waals surface area (Å²) in [5.41, 5.74) is 3.27. The molecule has 3 rings (SSSR count). The first-order chi connectivity index (χ1) is 10.1. The number of halogens is 1. The van der Waals surface area contributed by atoms with Crippen molar-refractivity contribution in [1.29, 1.82) is 0 Å². The third-order valence-corrected chi connectivity index (χ3v) is 4.33. The van der Waals surface area contributed by atoms with Crippen LogP contribution < -0.4 is 10.2 Å². The summed E-state index contributed by atoms with van der Waals surface area (Å²) >= 11 is 0. The summed E-state index contributed by atoms with van der Waals surface area (Å²) in [5, 5.41) is 3.61. The van der Waals surface area contributed by atoms with Gasteiger partial charge >= 0.3 is 0 Å². The third-order valence-electron chi connectivity index (χ3n) is 4.33. The lowest BCUT2D eigenvalue weighted by Gasteiger charge is -2.43. The van der Waals surface area contributed by atoms with Crippen LogP contribution in [0.25, 0.3) is 0 Å². The normalized spacial score (nSPS) is 22.3. The largest absolute Gasteiger partial charge is 0.368 e. The Labute approximate surface area is 125 Å². The summed E-state index contributed by atoms with van der Waals surface area (Å²) in [7, 11) is 0. The van der Waals surface area contributed by atoms with Crippen molar-refractivity contribution >= 4 is 5.69 Å². The van der Waals surface area contributed by atoms with E-state index in [2.05, 4.69) is 41.4 Å². The SMILES string of the molecule is Cc1ccc(F)cc1N1CCNC(C)(c2ccccc2)C1. The van der Waals surface area contributed by atoms with Crippen LogP contribution in [0, 0.1) is 12.7 Å². The number of benzene rings is 2. The first kappa shape index (κ1) is 14.1. The van der Waals surface area contributed by atoms with Gasteiger partial charge in [-0.05, 0) is 37.1 Å². The first-order valence-electron chi connectivity index (χ1n) is 7.40. The van der Waals surface area contributed by atoms with E-state index in [4.69, 9.17) is 0 Å². The number of hydrogen-bond donors (Lipinski definition) is 1. The molecular weight excluding hydrogens is 263 g/mol. The Balaban J connectivity index is 1.91. The standard InChI is InChI=1S/C18H21FN2/c1-14-8-9-16(19)12-17(14)21-11-10-20-18(2,13-21)15-6-4-3-5-7-15/h3-9,12,20H,10-11,13H2,1-2H3. The van der Waals surface area contributed by atoms with E-state index in [1.165, 1.54) is 11.6 Å².